The molecule has 1 aliphatic heterocycles. The third kappa shape index (κ3) is 2.20. The lowest BCUT2D eigenvalue weighted by Gasteiger charge is -2.34. The number of nitro groups is 1. The number of nitro benzene ring substituents is 1. The van der Waals surface area contributed by atoms with E-state index in [4.69, 9.17) is 0 Å². The maximum atomic E-state index is 11.0. The molecule has 4 nitrogen and oxygen atoms in total. The number of anilines is 1. The van der Waals surface area contributed by atoms with Gasteiger partial charge in [-0.1, -0.05) is 0 Å². The molecule has 0 unspecified atom stereocenters. The van der Waals surface area contributed by atoms with Crippen molar-refractivity contribution < 1.29 is 4.92 Å². The Bertz CT molecular complexity index is 502. The van der Waals surface area contributed by atoms with Crippen molar-refractivity contribution in [2.45, 2.75) is 39.5 Å². The van der Waals surface area contributed by atoms with E-state index in [0.29, 0.717) is 5.41 Å². The van der Waals surface area contributed by atoms with Gasteiger partial charge in [-0.3, -0.25) is 10.1 Å². The highest BCUT2D eigenvalue weighted by Gasteiger charge is 2.44. The number of benzene rings is 1. The Morgan fingerprint density at radius 3 is 2.05 bits per heavy atom. The Morgan fingerprint density at radius 2 is 1.63 bits per heavy atom. The molecule has 1 heterocycles. The molecule has 0 amide bonds. The molecule has 0 N–H and O–H groups in total. The van der Waals surface area contributed by atoms with Crippen LogP contribution in [-0.4, -0.2) is 18.0 Å². The zero-order valence-corrected chi connectivity index (χ0v) is 11.6. The van der Waals surface area contributed by atoms with E-state index < -0.39 is 0 Å². The molecule has 0 aromatic heterocycles. The summed E-state index contributed by atoms with van der Waals surface area (Å²) >= 11 is 0. The third-order valence-corrected chi connectivity index (χ3v) is 4.80. The van der Waals surface area contributed by atoms with Gasteiger partial charge in [0, 0.05) is 29.9 Å². The van der Waals surface area contributed by atoms with Crippen molar-refractivity contribution in [3.05, 3.63) is 33.4 Å². The van der Waals surface area contributed by atoms with Gasteiger partial charge in [-0.25, -0.2) is 0 Å². The first kappa shape index (κ1) is 12.5. The molecule has 1 aromatic rings. The molecule has 1 saturated heterocycles. The maximum absolute atomic E-state index is 11.0. The van der Waals surface area contributed by atoms with Crippen LogP contribution in [0.1, 0.15) is 36.8 Å². The Morgan fingerprint density at radius 1 is 1.11 bits per heavy atom. The quantitative estimate of drug-likeness (QED) is 0.603. The zero-order valence-electron chi connectivity index (χ0n) is 11.6. The zero-order chi connectivity index (χ0) is 13.6. The second-order valence-corrected chi connectivity index (χ2v) is 6.17. The van der Waals surface area contributed by atoms with Crippen LogP contribution in [0.2, 0.25) is 0 Å². The van der Waals surface area contributed by atoms with Gasteiger partial charge >= 0.3 is 0 Å². The molecule has 2 fully saturated rings. The van der Waals surface area contributed by atoms with Crippen LogP contribution in [-0.2, 0) is 0 Å². The summed E-state index contributed by atoms with van der Waals surface area (Å²) in [6.07, 6.45) is 5.36. The molecule has 1 saturated carbocycles. The van der Waals surface area contributed by atoms with Crippen LogP contribution < -0.4 is 4.90 Å². The monoisotopic (exact) mass is 260 g/mol. The van der Waals surface area contributed by atoms with Gasteiger partial charge in [0.2, 0.25) is 0 Å². The van der Waals surface area contributed by atoms with E-state index in [-0.39, 0.29) is 10.6 Å². The van der Waals surface area contributed by atoms with Crippen molar-refractivity contribution in [1.82, 2.24) is 0 Å². The minimum Gasteiger partial charge on any atom is -0.371 e. The van der Waals surface area contributed by atoms with E-state index in [9.17, 15) is 10.1 Å². The van der Waals surface area contributed by atoms with Gasteiger partial charge in [-0.15, -0.1) is 0 Å². The summed E-state index contributed by atoms with van der Waals surface area (Å²) in [5.74, 6) is 0. The predicted molar refractivity (Wildman–Crippen MR) is 75.7 cm³/mol. The molecule has 19 heavy (non-hydrogen) atoms. The van der Waals surface area contributed by atoms with Gasteiger partial charge in [0.15, 0.2) is 0 Å². The fourth-order valence-electron chi connectivity index (χ4n) is 3.32. The van der Waals surface area contributed by atoms with Crippen LogP contribution in [0, 0.1) is 29.4 Å². The summed E-state index contributed by atoms with van der Waals surface area (Å²) in [6, 6.07) is 3.94. The first-order valence-electron chi connectivity index (χ1n) is 7.01. The molecule has 1 spiro atoms. The van der Waals surface area contributed by atoms with Gasteiger partial charge in [0.25, 0.3) is 5.69 Å². The second kappa shape index (κ2) is 4.22. The molecule has 1 aliphatic carbocycles. The number of aryl methyl sites for hydroxylation is 2. The van der Waals surface area contributed by atoms with Crippen molar-refractivity contribution >= 4 is 11.4 Å². The SMILES string of the molecule is Cc1cc(N2CCC3(CC2)CC3)cc(C)c1[N+](=O)[O-]. The molecule has 2 aliphatic rings. The third-order valence-electron chi connectivity index (χ3n) is 4.80. The van der Waals surface area contributed by atoms with E-state index in [1.807, 2.05) is 26.0 Å². The minimum atomic E-state index is -0.274. The highest BCUT2D eigenvalue weighted by atomic mass is 16.6. The summed E-state index contributed by atoms with van der Waals surface area (Å²) in [4.78, 5) is 13.1. The average molecular weight is 260 g/mol. The number of hydrogen-bond acceptors (Lipinski definition) is 3. The molecule has 0 bridgehead atoms. The first-order chi connectivity index (χ1) is 9.01. The molecule has 3 rings (SSSR count). The van der Waals surface area contributed by atoms with Crippen molar-refractivity contribution in [3.63, 3.8) is 0 Å². The van der Waals surface area contributed by atoms with E-state index >= 15 is 0 Å². The normalized spacial score (nSPS) is 20.6. The molecule has 4 heteroatoms. The standard InChI is InChI=1S/C15H20N2O2/c1-11-9-13(10-12(2)14(11)17(18)19)16-7-5-15(3-4-15)6-8-16/h9-10H,3-8H2,1-2H3. The Balaban J connectivity index is 1.83. The van der Waals surface area contributed by atoms with Gasteiger partial charge in [-0.2, -0.15) is 0 Å². The topological polar surface area (TPSA) is 46.4 Å². The molecule has 0 atom stereocenters. The van der Waals surface area contributed by atoms with Crippen LogP contribution in [0.25, 0.3) is 0 Å². The molecular weight excluding hydrogens is 240 g/mol. The Kier molecular flexibility index (Phi) is 2.77. The van der Waals surface area contributed by atoms with Crippen LogP contribution in [0.3, 0.4) is 0 Å². The minimum absolute atomic E-state index is 0.263. The number of nitrogens with zero attached hydrogens (tertiary/aromatic N) is 2. The summed E-state index contributed by atoms with van der Waals surface area (Å²) in [5, 5.41) is 11.0. The smallest absolute Gasteiger partial charge is 0.275 e. The Labute approximate surface area is 113 Å². The molecule has 102 valence electrons. The van der Waals surface area contributed by atoms with Crippen molar-refractivity contribution in [2.75, 3.05) is 18.0 Å². The van der Waals surface area contributed by atoms with Gasteiger partial charge in [0.1, 0.15) is 0 Å². The van der Waals surface area contributed by atoms with Crippen LogP contribution >= 0.6 is 0 Å². The lowest BCUT2D eigenvalue weighted by Crippen LogP contribution is -2.34. The number of rotatable bonds is 2. The van der Waals surface area contributed by atoms with E-state index in [1.165, 1.54) is 25.7 Å². The van der Waals surface area contributed by atoms with Crippen molar-refractivity contribution in [1.29, 1.82) is 0 Å². The fourth-order valence-corrected chi connectivity index (χ4v) is 3.32. The average Bonchev–Trinajstić information content (AvgIpc) is 3.08. The van der Waals surface area contributed by atoms with Crippen LogP contribution in [0.5, 0.6) is 0 Å². The summed E-state index contributed by atoms with van der Waals surface area (Å²) in [7, 11) is 0. The summed E-state index contributed by atoms with van der Waals surface area (Å²) < 4.78 is 0. The van der Waals surface area contributed by atoms with Gasteiger partial charge < -0.3 is 4.90 Å². The van der Waals surface area contributed by atoms with Crippen LogP contribution in [0.15, 0.2) is 12.1 Å². The summed E-state index contributed by atoms with van der Waals surface area (Å²) in [6.45, 7) is 5.86. The lowest BCUT2D eigenvalue weighted by molar-refractivity contribution is -0.386. The van der Waals surface area contributed by atoms with Crippen molar-refractivity contribution in [3.8, 4) is 0 Å². The maximum Gasteiger partial charge on any atom is 0.275 e. The molecule has 1 aromatic carbocycles. The largest absolute Gasteiger partial charge is 0.371 e. The summed E-state index contributed by atoms with van der Waals surface area (Å²) in [5.41, 5.74) is 3.62. The van der Waals surface area contributed by atoms with Gasteiger partial charge in [0.05, 0.1) is 4.92 Å². The highest BCUT2D eigenvalue weighted by Crippen LogP contribution is 2.54. The predicted octanol–water partition coefficient (Wildman–Crippen LogP) is 3.59. The molecular formula is C15H20N2O2. The number of piperidine rings is 1. The van der Waals surface area contributed by atoms with Crippen molar-refractivity contribution in [2.24, 2.45) is 5.41 Å². The van der Waals surface area contributed by atoms with E-state index in [0.717, 1.165) is 29.9 Å². The highest BCUT2D eigenvalue weighted by molar-refractivity contribution is 5.59. The van der Waals surface area contributed by atoms with Gasteiger partial charge in [-0.05, 0) is 57.1 Å². The second-order valence-electron chi connectivity index (χ2n) is 6.17. The molecule has 0 radical (unpaired) electrons. The number of hydrogen-bond donors (Lipinski definition) is 0. The van der Waals surface area contributed by atoms with E-state index in [2.05, 4.69) is 4.90 Å². The first-order valence-corrected chi connectivity index (χ1v) is 7.01. The van der Waals surface area contributed by atoms with E-state index in [1.54, 1.807) is 0 Å². The van der Waals surface area contributed by atoms with Crippen LogP contribution in [0.4, 0.5) is 11.4 Å². The lowest BCUT2D eigenvalue weighted by atomic mass is 9.93. The fraction of sp³-hybridized carbons (Fsp3) is 0.600. The Hall–Kier alpha value is -1.58.